The second-order valence-electron chi connectivity index (χ2n) is 5.76. The van der Waals surface area contributed by atoms with E-state index < -0.39 is 8.07 Å². The molecular weight excluding hydrogens is 210 g/mol. The maximum atomic E-state index is 2.61. The van der Waals surface area contributed by atoms with Crippen LogP contribution in [0, 0.1) is 0 Å². The molecule has 2 heteroatoms. The van der Waals surface area contributed by atoms with Gasteiger partial charge in [-0.05, 0) is 24.7 Å². The molecule has 0 N–H and O–H groups in total. The van der Waals surface area contributed by atoms with E-state index in [1.807, 2.05) is 0 Å². The summed E-state index contributed by atoms with van der Waals surface area (Å²) in [6.07, 6.45) is 2.55. The van der Waals surface area contributed by atoms with Gasteiger partial charge in [0.1, 0.15) is 0 Å². The zero-order valence-corrected chi connectivity index (χ0v) is 12.2. The molecule has 0 spiro atoms. The number of rotatable bonds is 6. The van der Waals surface area contributed by atoms with Gasteiger partial charge in [0.25, 0.3) is 0 Å². The van der Waals surface area contributed by atoms with Crippen molar-refractivity contribution in [2.45, 2.75) is 39.5 Å². The summed E-state index contributed by atoms with van der Waals surface area (Å²) < 4.78 is 0. The van der Waals surface area contributed by atoms with Crippen molar-refractivity contribution in [3.05, 3.63) is 35.9 Å². The van der Waals surface area contributed by atoms with Gasteiger partial charge in [-0.15, -0.1) is 0 Å². The molecule has 1 aromatic carbocycles. The van der Waals surface area contributed by atoms with E-state index in [4.69, 9.17) is 0 Å². The SMILES string of the molecule is CCCN(Cc1ccccc1)C[Si](C)(C)C. The van der Waals surface area contributed by atoms with Crippen molar-refractivity contribution in [1.82, 2.24) is 4.90 Å². The molecule has 0 atom stereocenters. The van der Waals surface area contributed by atoms with Gasteiger partial charge in [0.05, 0.1) is 8.07 Å². The van der Waals surface area contributed by atoms with E-state index in [0.717, 1.165) is 6.54 Å². The van der Waals surface area contributed by atoms with Crippen LogP contribution in [-0.4, -0.2) is 25.7 Å². The third kappa shape index (κ3) is 5.47. The third-order valence-corrected chi connectivity index (χ3v) is 3.88. The predicted molar refractivity (Wildman–Crippen MR) is 75.4 cm³/mol. The minimum absolute atomic E-state index is 0.985. The molecule has 0 aromatic heterocycles. The van der Waals surface area contributed by atoms with Gasteiger partial charge in [0, 0.05) is 6.54 Å². The molecule has 0 fully saturated rings. The first-order chi connectivity index (χ1) is 7.51. The predicted octanol–water partition coefficient (Wildman–Crippen LogP) is 3.78. The van der Waals surface area contributed by atoms with Gasteiger partial charge in [0.2, 0.25) is 0 Å². The van der Waals surface area contributed by atoms with Gasteiger partial charge in [0.15, 0.2) is 0 Å². The maximum absolute atomic E-state index is 2.61. The van der Waals surface area contributed by atoms with Crippen LogP contribution in [0.3, 0.4) is 0 Å². The van der Waals surface area contributed by atoms with Crippen LogP contribution in [0.2, 0.25) is 19.6 Å². The van der Waals surface area contributed by atoms with Gasteiger partial charge < -0.3 is 4.90 Å². The lowest BCUT2D eigenvalue weighted by Gasteiger charge is -2.28. The van der Waals surface area contributed by atoms with E-state index in [1.54, 1.807) is 0 Å². The minimum atomic E-state index is -0.985. The Kier molecular flexibility index (Phi) is 5.23. The summed E-state index contributed by atoms with van der Waals surface area (Å²) in [6.45, 7) is 11.9. The van der Waals surface area contributed by atoms with Crippen molar-refractivity contribution in [3.8, 4) is 0 Å². The molecule has 0 saturated heterocycles. The molecule has 0 aliphatic heterocycles. The van der Waals surface area contributed by atoms with E-state index >= 15 is 0 Å². The van der Waals surface area contributed by atoms with Gasteiger partial charge in [-0.3, -0.25) is 0 Å². The van der Waals surface area contributed by atoms with E-state index in [2.05, 4.69) is 61.8 Å². The first kappa shape index (κ1) is 13.5. The summed E-state index contributed by atoms with van der Waals surface area (Å²) in [5.41, 5.74) is 1.44. The van der Waals surface area contributed by atoms with E-state index in [1.165, 1.54) is 24.7 Å². The Morgan fingerprint density at radius 1 is 1.06 bits per heavy atom. The second kappa shape index (κ2) is 6.21. The Hall–Kier alpha value is -0.603. The molecule has 0 aliphatic rings. The highest BCUT2D eigenvalue weighted by Gasteiger charge is 2.17. The highest BCUT2D eigenvalue weighted by atomic mass is 28.3. The molecule has 0 heterocycles. The number of nitrogens with zero attached hydrogens (tertiary/aromatic N) is 1. The van der Waals surface area contributed by atoms with Crippen LogP contribution in [0.1, 0.15) is 18.9 Å². The highest BCUT2D eigenvalue weighted by Crippen LogP contribution is 2.10. The lowest BCUT2D eigenvalue weighted by molar-refractivity contribution is 0.305. The average molecular weight is 235 g/mol. The monoisotopic (exact) mass is 235 g/mol. The fourth-order valence-corrected chi connectivity index (χ4v) is 3.65. The lowest BCUT2D eigenvalue weighted by atomic mass is 10.2. The third-order valence-electron chi connectivity index (χ3n) is 2.49. The summed E-state index contributed by atoms with van der Waals surface area (Å²) >= 11 is 0. The Bertz CT molecular complexity index is 289. The smallest absolute Gasteiger partial charge is 0.0599 e. The Labute approximate surface area is 101 Å². The van der Waals surface area contributed by atoms with Crippen molar-refractivity contribution < 1.29 is 0 Å². The molecule has 90 valence electrons. The van der Waals surface area contributed by atoms with Crippen LogP contribution >= 0.6 is 0 Å². The fourth-order valence-electron chi connectivity index (χ4n) is 2.04. The van der Waals surface area contributed by atoms with Crippen molar-refractivity contribution in [2.75, 3.05) is 12.7 Å². The van der Waals surface area contributed by atoms with E-state index in [-0.39, 0.29) is 0 Å². The normalized spacial score (nSPS) is 12.1. The number of hydrogen-bond acceptors (Lipinski definition) is 1. The quantitative estimate of drug-likeness (QED) is 0.678. The largest absolute Gasteiger partial charge is 0.302 e. The van der Waals surface area contributed by atoms with Crippen molar-refractivity contribution >= 4 is 8.07 Å². The van der Waals surface area contributed by atoms with Crippen LogP contribution in [0.4, 0.5) is 0 Å². The zero-order chi connectivity index (χ0) is 12.0. The highest BCUT2D eigenvalue weighted by molar-refractivity contribution is 6.76. The zero-order valence-electron chi connectivity index (χ0n) is 11.2. The van der Waals surface area contributed by atoms with Crippen molar-refractivity contribution in [1.29, 1.82) is 0 Å². The molecule has 0 aliphatic carbocycles. The van der Waals surface area contributed by atoms with E-state index in [9.17, 15) is 0 Å². The molecule has 16 heavy (non-hydrogen) atoms. The average Bonchev–Trinajstić information content (AvgIpc) is 2.17. The molecule has 0 radical (unpaired) electrons. The maximum Gasteiger partial charge on any atom is 0.0599 e. The van der Waals surface area contributed by atoms with Crippen LogP contribution in [-0.2, 0) is 6.54 Å². The van der Waals surface area contributed by atoms with Gasteiger partial charge in [-0.25, -0.2) is 0 Å². The molecule has 1 rings (SSSR count). The number of hydrogen-bond donors (Lipinski definition) is 0. The standard InChI is InChI=1S/C14H25NSi/c1-5-11-15(13-16(2,3)4)12-14-9-7-6-8-10-14/h6-10H,5,11-13H2,1-4H3. The van der Waals surface area contributed by atoms with Gasteiger partial charge >= 0.3 is 0 Å². The molecule has 0 bridgehead atoms. The van der Waals surface area contributed by atoms with Crippen LogP contribution in [0.5, 0.6) is 0 Å². The topological polar surface area (TPSA) is 3.24 Å². The molecule has 1 aromatic rings. The van der Waals surface area contributed by atoms with E-state index in [0.29, 0.717) is 0 Å². The molecule has 0 amide bonds. The second-order valence-corrected chi connectivity index (χ2v) is 11.2. The number of benzene rings is 1. The molecule has 1 nitrogen and oxygen atoms in total. The lowest BCUT2D eigenvalue weighted by Crippen LogP contribution is -2.40. The Morgan fingerprint density at radius 2 is 1.69 bits per heavy atom. The van der Waals surface area contributed by atoms with Crippen LogP contribution < -0.4 is 0 Å². The fraction of sp³-hybridized carbons (Fsp3) is 0.571. The first-order valence-electron chi connectivity index (χ1n) is 6.27. The Morgan fingerprint density at radius 3 is 2.19 bits per heavy atom. The molecule has 0 unspecified atom stereocenters. The van der Waals surface area contributed by atoms with Gasteiger partial charge in [-0.1, -0.05) is 56.9 Å². The summed E-state index contributed by atoms with van der Waals surface area (Å²) in [7, 11) is -0.985. The summed E-state index contributed by atoms with van der Waals surface area (Å²) in [5, 5.41) is 0. The Balaban J connectivity index is 2.58. The van der Waals surface area contributed by atoms with Crippen molar-refractivity contribution in [2.24, 2.45) is 0 Å². The van der Waals surface area contributed by atoms with Crippen LogP contribution in [0.25, 0.3) is 0 Å². The van der Waals surface area contributed by atoms with Crippen molar-refractivity contribution in [3.63, 3.8) is 0 Å². The minimum Gasteiger partial charge on any atom is -0.302 e. The summed E-state index contributed by atoms with van der Waals surface area (Å²) in [6, 6.07) is 10.8. The van der Waals surface area contributed by atoms with Crippen LogP contribution in [0.15, 0.2) is 30.3 Å². The first-order valence-corrected chi connectivity index (χ1v) is 9.98. The molecular formula is C14H25NSi. The summed E-state index contributed by atoms with van der Waals surface area (Å²) in [5.74, 6) is 0. The van der Waals surface area contributed by atoms with Gasteiger partial charge in [-0.2, -0.15) is 0 Å². The summed E-state index contributed by atoms with van der Waals surface area (Å²) in [4.78, 5) is 2.61. The molecule has 0 saturated carbocycles.